The molecule has 8 heteroatoms. The van der Waals surface area contributed by atoms with Gasteiger partial charge in [-0.2, -0.15) is 0 Å². The van der Waals surface area contributed by atoms with Crippen molar-refractivity contribution in [2.24, 2.45) is 0 Å². The smallest absolute Gasteiger partial charge is 0.263 e. The molecular formula is C17H22ClN5OS. The van der Waals surface area contributed by atoms with Crippen molar-refractivity contribution in [1.82, 2.24) is 20.2 Å². The van der Waals surface area contributed by atoms with E-state index in [1.807, 2.05) is 6.92 Å². The topological polar surface area (TPSA) is 70.1 Å². The fraction of sp³-hybridized carbons (Fsp3) is 0.471. The largest absolute Gasteiger partial charge is 0.350 e. The van der Waals surface area contributed by atoms with Crippen LogP contribution in [-0.4, -0.2) is 47.0 Å². The van der Waals surface area contributed by atoms with Crippen molar-refractivity contribution < 1.29 is 4.79 Å². The minimum absolute atomic E-state index is 0.0656. The molecule has 2 N–H and O–H groups in total. The number of halogens is 1. The van der Waals surface area contributed by atoms with Crippen LogP contribution in [0.15, 0.2) is 18.3 Å². The summed E-state index contributed by atoms with van der Waals surface area (Å²) >= 11 is 7.16. The fourth-order valence-corrected chi connectivity index (χ4v) is 3.81. The minimum atomic E-state index is -0.0656. The zero-order valence-electron chi connectivity index (χ0n) is 14.2. The number of nitrogens with zero attached hydrogens (tertiary/aromatic N) is 3. The highest BCUT2D eigenvalue weighted by Gasteiger charge is 2.16. The van der Waals surface area contributed by atoms with Crippen LogP contribution < -0.4 is 10.6 Å². The molecule has 3 heterocycles. The molecular weight excluding hydrogens is 358 g/mol. The number of hydrogen-bond acceptors (Lipinski definition) is 6. The lowest BCUT2D eigenvalue weighted by Crippen LogP contribution is -2.37. The Morgan fingerprint density at radius 2 is 2.12 bits per heavy atom. The molecule has 1 amide bonds. The molecule has 1 aliphatic rings. The fourth-order valence-electron chi connectivity index (χ4n) is 2.81. The van der Waals surface area contributed by atoms with E-state index in [1.54, 1.807) is 18.3 Å². The number of rotatable bonds is 6. The van der Waals surface area contributed by atoms with Crippen LogP contribution in [0.5, 0.6) is 0 Å². The summed E-state index contributed by atoms with van der Waals surface area (Å²) in [5.74, 6) is 0.583. The second kappa shape index (κ2) is 8.60. The maximum absolute atomic E-state index is 12.4. The highest BCUT2D eigenvalue weighted by atomic mass is 35.5. The first-order valence-electron chi connectivity index (χ1n) is 8.48. The number of pyridine rings is 1. The maximum atomic E-state index is 12.4. The first-order chi connectivity index (χ1) is 12.1. The third-order valence-corrected chi connectivity index (χ3v) is 5.42. The normalized spacial score (nSPS) is 15.1. The zero-order chi connectivity index (χ0) is 17.6. The first kappa shape index (κ1) is 18.1. The van der Waals surface area contributed by atoms with Crippen molar-refractivity contribution >= 4 is 39.8 Å². The van der Waals surface area contributed by atoms with Gasteiger partial charge >= 0.3 is 0 Å². The van der Waals surface area contributed by atoms with Gasteiger partial charge in [-0.3, -0.25) is 4.79 Å². The molecule has 0 radical (unpaired) electrons. The first-order valence-corrected chi connectivity index (χ1v) is 9.68. The van der Waals surface area contributed by atoms with Crippen LogP contribution in [0, 0.1) is 6.92 Å². The van der Waals surface area contributed by atoms with Gasteiger partial charge in [-0.25, -0.2) is 9.97 Å². The summed E-state index contributed by atoms with van der Waals surface area (Å²) in [7, 11) is 0. The van der Waals surface area contributed by atoms with E-state index in [1.165, 1.54) is 30.6 Å². The van der Waals surface area contributed by atoms with Gasteiger partial charge in [0.1, 0.15) is 10.7 Å². The number of hydrogen-bond donors (Lipinski definition) is 2. The molecule has 0 aromatic carbocycles. The molecule has 0 unspecified atom stereocenters. The van der Waals surface area contributed by atoms with Crippen molar-refractivity contribution in [1.29, 1.82) is 0 Å². The average Bonchev–Trinajstić information content (AvgIpc) is 2.98. The SMILES string of the molecule is Cc1nc(Nc2ccc(Cl)cn2)sc1C(=O)NCCN1CCCCC1. The van der Waals surface area contributed by atoms with Gasteiger partial charge in [0.2, 0.25) is 0 Å². The summed E-state index contributed by atoms with van der Waals surface area (Å²) in [4.78, 5) is 24.0. The number of anilines is 2. The molecule has 0 spiro atoms. The molecule has 6 nitrogen and oxygen atoms in total. The molecule has 3 rings (SSSR count). The van der Waals surface area contributed by atoms with Gasteiger partial charge in [0.15, 0.2) is 5.13 Å². The number of likely N-dealkylation sites (tertiary alicyclic amines) is 1. The monoisotopic (exact) mass is 379 g/mol. The molecule has 0 bridgehead atoms. The third-order valence-electron chi connectivity index (χ3n) is 4.13. The summed E-state index contributed by atoms with van der Waals surface area (Å²) in [6.07, 6.45) is 5.41. The predicted molar refractivity (Wildman–Crippen MR) is 102 cm³/mol. The number of aromatic nitrogens is 2. The number of amides is 1. The summed E-state index contributed by atoms with van der Waals surface area (Å²) in [6.45, 7) is 5.69. The Kier molecular flexibility index (Phi) is 6.23. The summed E-state index contributed by atoms with van der Waals surface area (Å²) in [5, 5.41) is 7.33. The van der Waals surface area contributed by atoms with E-state index in [0.29, 0.717) is 27.4 Å². The number of piperidine rings is 1. The van der Waals surface area contributed by atoms with Gasteiger partial charge in [0.25, 0.3) is 5.91 Å². The number of carbonyl (C=O) groups is 1. The molecule has 1 aliphatic heterocycles. The van der Waals surface area contributed by atoms with E-state index < -0.39 is 0 Å². The van der Waals surface area contributed by atoms with E-state index in [9.17, 15) is 4.79 Å². The third kappa shape index (κ3) is 5.14. The summed E-state index contributed by atoms with van der Waals surface area (Å²) in [6, 6.07) is 3.53. The Labute approximate surface area is 156 Å². The lowest BCUT2D eigenvalue weighted by Gasteiger charge is -2.26. The van der Waals surface area contributed by atoms with Gasteiger partial charge < -0.3 is 15.5 Å². The quantitative estimate of drug-likeness (QED) is 0.804. The minimum Gasteiger partial charge on any atom is -0.350 e. The molecule has 134 valence electrons. The van der Waals surface area contributed by atoms with Crippen molar-refractivity contribution in [3.63, 3.8) is 0 Å². The Balaban J connectivity index is 1.53. The van der Waals surface area contributed by atoms with Crippen LogP contribution in [0.25, 0.3) is 0 Å². The average molecular weight is 380 g/mol. The number of aryl methyl sites for hydroxylation is 1. The molecule has 2 aromatic rings. The second-order valence-electron chi connectivity index (χ2n) is 6.08. The standard InChI is InChI=1S/C17H22ClN5OS/c1-12-15(16(24)19-7-10-23-8-3-2-4-9-23)25-17(21-12)22-14-6-5-13(18)11-20-14/h5-6,11H,2-4,7-10H2,1H3,(H,19,24)(H,20,21,22). The van der Waals surface area contributed by atoms with Crippen LogP contribution in [0.2, 0.25) is 5.02 Å². The van der Waals surface area contributed by atoms with Crippen molar-refractivity contribution in [3.05, 3.63) is 33.9 Å². The van der Waals surface area contributed by atoms with E-state index in [2.05, 4.69) is 25.5 Å². The highest BCUT2D eigenvalue weighted by molar-refractivity contribution is 7.17. The molecule has 0 saturated carbocycles. The van der Waals surface area contributed by atoms with Gasteiger partial charge in [0.05, 0.1) is 10.7 Å². The number of carbonyl (C=O) groups excluding carboxylic acids is 1. The lowest BCUT2D eigenvalue weighted by molar-refractivity contribution is 0.0950. The Hall–Kier alpha value is -1.70. The highest BCUT2D eigenvalue weighted by Crippen LogP contribution is 2.25. The Bertz CT molecular complexity index is 712. The van der Waals surface area contributed by atoms with E-state index >= 15 is 0 Å². The van der Waals surface area contributed by atoms with Crippen LogP contribution >= 0.6 is 22.9 Å². The van der Waals surface area contributed by atoms with Gasteiger partial charge in [-0.05, 0) is 45.0 Å². The van der Waals surface area contributed by atoms with E-state index in [4.69, 9.17) is 11.6 Å². The van der Waals surface area contributed by atoms with Crippen molar-refractivity contribution in [3.8, 4) is 0 Å². The Morgan fingerprint density at radius 1 is 1.32 bits per heavy atom. The van der Waals surface area contributed by atoms with E-state index in [-0.39, 0.29) is 5.91 Å². The second-order valence-corrected chi connectivity index (χ2v) is 7.51. The number of nitrogens with one attached hydrogen (secondary N) is 2. The van der Waals surface area contributed by atoms with Crippen molar-refractivity contribution in [2.45, 2.75) is 26.2 Å². The lowest BCUT2D eigenvalue weighted by atomic mass is 10.1. The molecule has 1 fully saturated rings. The van der Waals surface area contributed by atoms with Crippen LogP contribution in [0.1, 0.15) is 34.6 Å². The molecule has 1 saturated heterocycles. The summed E-state index contributed by atoms with van der Waals surface area (Å²) in [5.41, 5.74) is 0.719. The predicted octanol–water partition coefficient (Wildman–Crippen LogP) is 3.46. The number of thiazole rings is 1. The van der Waals surface area contributed by atoms with Gasteiger partial charge in [-0.15, -0.1) is 0 Å². The summed E-state index contributed by atoms with van der Waals surface area (Å²) < 4.78 is 0. The molecule has 25 heavy (non-hydrogen) atoms. The van der Waals surface area contributed by atoms with Crippen molar-refractivity contribution in [2.75, 3.05) is 31.5 Å². The van der Waals surface area contributed by atoms with E-state index in [0.717, 1.165) is 25.3 Å². The molecule has 2 aromatic heterocycles. The van der Waals surface area contributed by atoms with Gasteiger partial charge in [0, 0.05) is 19.3 Å². The van der Waals surface area contributed by atoms with Crippen LogP contribution in [0.3, 0.4) is 0 Å². The molecule has 0 atom stereocenters. The molecule has 0 aliphatic carbocycles. The Morgan fingerprint density at radius 3 is 2.84 bits per heavy atom. The zero-order valence-corrected chi connectivity index (χ0v) is 15.8. The maximum Gasteiger partial charge on any atom is 0.263 e. The van der Waals surface area contributed by atoms with Crippen LogP contribution in [0.4, 0.5) is 10.9 Å². The van der Waals surface area contributed by atoms with Gasteiger partial charge in [-0.1, -0.05) is 29.4 Å². The van der Waals surface area contributed by atoms with Crippen LogP contribution in [-0.2, 0) is 0 Å².